The fourth-order valence-electron chi connectivity index (χ4n) is 2.66. The van der Waals surface area contributed by atoms with Gasteiger partial charge < -0.3 is 15.5 Å². The molecule has 0 radical (unpaired) electrons. The molecule has 0 aliphatic carbocycles. The Morgan fingerprint density at radius 1 is 1.07 bits per heavy atom. The molecule has 0 saturated carbocycles. The third-order valence-corrected chi connectivity index (χ3v) is 3.91. The molecule has 3 aromatic rings. The van der Waals surface area contributed by atoms with Gasteiger partial charge in [0, 0.05) is 6.07 Å². The van der Waals surface area contributed by atoms with Crippen molar-refractivity contribution in [2.75, 3.05) is 0 Å². The van der Waals surface area contributed by atoms with Crippen molar-refractivity contribution in [3.63, 3.8) is 0 Å². The monoisotopic (exact) mass is 387 g/mol. The van der Waals surface area contributed by atoms with Crippen molar-refractivity contribution in [3.05, 3.63) is 77.5 Å². The van der Waals surface area contributed by atoms with Crippen LogP contribution in [0.5, 0.6) is 5.88 Å². The number of nitrogens with one attached hydrogen (secondary N) is 1. The lowest BCUT2D eigenvalue weighted by molar-refractivity contribution is -0.137. The second-order valence-corrected chi connectivity index (χ2v) is 5.96. The topological polar surface area (TPSA) is 104 Å². The van der Waals surface area contributed by atoms with E-state index in [-0.39, 0.29) is 16.9 Å². The van der Waals surface area contributed by atoms with Gasteiger partial charge in [-0.15, -0.1) is 0 Å². The number of amides is 1. The van der Waals surface area contributed by atoms with Gasteiger partial charge in [-0.1, -0.05) is 18.2 Å². The zero-order chi connectivity index (χ0) is 20.3. The maximum atomic E-state index is 13.5. The number of hydrogen-bond donors (Lipinski definition) is 3. The average molecular weight is 387 g/mol. The minimum atomic E-state index is -1.19. The molecule has 0 aliphatic heterocycles. The Hall–Kier alpha value is -3.75. The molecule has 144 valence electrons. The maximum absolute atomic E-state index is 13.5. The summed E-state index contributed by atoms with van der Waals surface area (Å²) in [6, 6.07) is 10.5. The van der Waals surface area contributed by atoms with Crippen molar-refractivity contribution in [1.82, 2.24) is 15.1 Å². The number of aromatic nitrogens is 2. The third-order valence-electron chi connectivity index (χ3n) is 3.91. The Labute approximate surface area is 157 Å². The molecule has 28 heavy (non-hydrogen) atoms. The number of carbonyl (C=O) groups excluding carboxylic acids is 1. The van der Waals surface area contributed by atoms with E-state index in [2.05, 4.69) is 10.4 Å². The van der Waals surface area contributed by atoms with Gasteiger partial charge >= 0.3 is 5.97 Å². The Morgan fingerprint density at radius 3 is 2.39 bits per heavy atom. The molecule has 1 amide bonds. The number of carboxylic acids is 1. The van der Waals surface area contributed by atoms with E-state index in [0.29, 0.717) is 0 Å². The van der Waals surface area contributed by atoms with Gasteiger partial charge in [-0.25, -0.2) is 13.5 Å². The largest absolute Gasteiger partial charge is 0.493 e. The predicted molar refractivity (Wildman–Crippen MR) is 94.0 cm³/mol. The second kappa shape index (κ2) is 7.87. The molecule has 0 aliphatic rings. The van der Waals surface area contributed by atoms with Crippen LogP contribution in [-0.4, -0.2) is 31.9 Å². The number of nitrogens with zero attached hydrogens (tertiary/aromatic N) is 2. The molecule has 0 bridgehead atoms. The van der Waals surface area contributed by atoms with Crippen LogP contribution in [0, 0.1) is 11.6 Å². The lowest BCUT2D eigenvalue weighted by atomic mass is 10.0. The van der Waals surface area contributed by atoms with Gasteiger partial charge in [-0.05, 0) is 35.9 Å². The van der Waals surface area contributed by atoms with Crippen molar-refractivity contribution in [3.8, 4) is 11.6 Å². The SMILES string of the molecule is O=C(O)C[C@H](NC(=O)c1cc(O)n(-c2cccc(F)c2)n1)c1cccc(F)c1. The van der Waals surface area contributed by atoms with Gasteiger partial charge in [-0.3, -0.25) is 9.59 Å². The summed E-state index contributed by atoms with van der Waals surface area (Å²) in [4.78, 5) is 23.6. The molecular weight excluding hydrogens is 372 g/mol. The Bertz CT molecular complexity index is 1040. The third kappa shape index (κ3) is 4.32. The molecule has 1 heterocycles. The first kappa shape index (κ1) is 19.0. The zero-order valence-corrected chi connectivity index (χ0v) is 14.3. The minimum Gasteiger partial charge on any atom is -0.493 e. The van der Waals surface area contributed by atoms with Crippen LogP contribution in [0.15, 0.2) is 54.6 Å². The zero-order valence-electron chi connectivity index (χ0n) is 14.3. The molecule has 7 nitrogen and oxygen atoms in total. The molecule has 9 heteroatoms. The molecule has 3 rings (SSSR count). The van der Waals surface area contributed by atoms with E-state index in [4.69, 9.17) is 5.11 Å². The van der Waals surface area contributed by atoms with Gasteiger partial charge in [0.25, 0.3) is 5.91 Å². The summed E-state index contributed by atoms with van der Waals surface area (Å²) in [5, 5.41) is 25.5. The molecule has 3 N–H and O–H groups in total. The summed E-state index contributed by atoms with van der Waals surface area (Å²) in [6.07, 6.45) is -0.480. The van der Waals surface area contributed by atoms with E-state index in [0.717, 1.165) is 22.9 Å². The number of aromatic hydroxyl groups is 1. The summed E-state index contributed by atoms with van der Waals surface area (Å²) in [5.74, 6) is -3.50. The number of carbonyl (C=O) groups is 2. The van der Waals surface area contributed by atoms with Crippen LogP contribution in [0.1, 0.15) is 28.5 Å². The van der Waals surface area contributed by atoms with Crippen molar-refractivity contribution >= 4 is 11.9 Å². The highest BCUT2D eigenvalue weighted by Crippen LogP contribution is 2.21. The van der Waals surface area contributed by atoms with Crippen LogP contribution in [0.25, 0.3) is 5.69 Å². The highest BCUT2D eigenvalue weighted by Gasteiger charge is 2.22. The molecular formula is C19H15F2N3O4. The van der Waals surface area contributed by atoms with Crippen LogP contribution in [-0.2, 0) is 4.79 Å². The Kier molecular flexibility index (Phi) is 5.35. The summed E-state index contributed by atoms with van der Waals surface area (Å²) in [5.41, 5.74) is 0.252. The second-order valence-electron chi connectivity index (χ2n) is 5.96. The molecule has 0 fully saturated rings. The fraction of sp³-hybridized carbons (Fsp3) is 0.105. The van der Waals surface area contributed by atoms with Crippen molar-refractivity contribution in [2.24, 2.45) is 0 Å². The maximum Gasteiger partial charge on any atom is 0.305 e. The fourth-order valence-corrected chi connectivity index (χ4v) is 2.66. The lowest BCUT2D eigenvalue weighted by Gasteiger charge is -2.16. The number of rotatable bonds is 6. The molecule has 0 spiro atoms. The quantitative estimate of drug-likeness (QED) is 0.603. The van der Waals surface area contributed by atoms with E-state index in [1.54, 1.807) is 0 Å². The molecule has 2 aromatic carbocycles. The van der Waals surface area contributed by atoms with Crippen molar-refractivity contribution < 1.29 is 28.6 Å². The standard InChI is InChI=1S/C19H15F2N3O4/c20-12-4-1-3-11(7-12)15(10-18(26)27)22-19(28)16-9-17(25)24(23-16)14-6-2-5-13(21)8-14/h1-9,15,25H,10H2,(H,22,28)(H,26,27)/t15-/m0/s1. The number of halogens is 2. The highest BCUT2D eigenvalue weighted by molar-refractivity contribution is 5.93. The molecule has 1 aromatic heterocycles. The summed E-state index contributed by atoms with van der Waals surface area (Å²) in [6.45, 7) is 0. The first-order valence-electron chi connectivity index (χ1n) is 8.16. The van der Waals surface area contributed by atoms with Crippen LogP contribution in [0.2, 0.25) is 0 Å². The smallest absolute Gasteiger partial charge is 0.305 e. The summed E-state index contributed by atoms with van der Waals surface area (Å²) < 4.78 is 27.8. The lowest BCUT2D eigenvalue weighted by Crippen LogP contribution is -2.30. The van der Waals surface area contributed by atoms with Crippen LogP contribution in [0.3, 0.4) is 0 Å². The van der Waals surface area contributed by atoms with Gasteiger partial charge in [0.15, 0.2) is 5.69 Å². The van der Waals surface area contributed by atoms with Crippen LogP contribution >= 0.6 is 0 Å². The summed E-state index contributed by atoms with van der Waals surface area (Å²) >= 11 is 0. The van der Waals surface area contributed by atoms with E-state index < -0.39 is 41.9 Å². The Balaban J connectivity index is 1.86. The number of hydrogen-bond acceptors (Lipinski definition) is 4. The normalized spacial score (nSPS) is 11.8. The van der Waals surface area contributed by atoms with E-state index in [1.165, 1.54) is 36.4 Å². The number of aliphatic carboxylic acids is 1. The molecule has 1 atom stereocenters. The van der Waals surface area contributed by atoms with Crippen LogP contribution < -0.4 is 5.32 Å². The molecule has 0 saturated heterocycles. The van der Waals surface area contributed by atoms with E-state index in [1.807, 2.05) is 0 Å². The number of carboxylic acid groups (broad SMARTS) is 1. The van der Waals surface area contributed by atoms with E-state index >= 15 is 0 Å². The van der Waals surface area contributed by atoms with Gasteiger partial charge in [-0.2, -0.15) is 5.10 Å². The average Bonchev–Trinajstić information content (AvgIpc) is 3.03. The van der Waals surface area contributed by atoms with E-state index in [9.17, 15) is 23.5 Å². The first-order valence-corrected chi connectivity index (χ1v) is 8.16. The van der Waals surface area contributed by atoms with Gasteiger partial charge in [0.2, 0.25) is 5.88 Å². The van der Waals surface area contributed by atoms with Crippen molar-refractivity contribution in [2.45, 2.75) is 12.5 Å². The van der Waals surface area contributed by atoms with Gasteiger partial charge in [0.1, 0.15) is 11.6 Å². The minimum absolute atomic E-state index is 0.198. The van der Waals surface area contributed by atoms with Gasteiger partial charge in [0.05, 0.1) is 18.2 Å². The molecule has 0 unspecified atom stereocenters. The summed E-state index contributed by atoms with van der Waals surface area (Å²) in [7, 11) is 0. The first-order chi connectivity index (χ1) is 13.3. The predicted octanol–water partition coefficient (Wildman–Crippen LogP) is 2.80. The highest BCUT2D eigenvalue weighted by atomic mass is 19.1. The van der Waals surface area contributed by atoms with Crippen molar-refractivity contribution in [1.29, 1.82) is 0 Å². The number of benzene rings is 2. The Morgan fingerprint density at radius 2 is 1.75 bits per heavy atom. The van der Waals surface area contributed by atoms with Crippen LogP contribution in [0.4, 0.5) is 8.78 Å².